The second kappa shape index (κ2) is 3.88. The molecule has 0 spiro atoms. The SMILES string of the molecule is O=C=C(C(=O)O)C(=C=O)C(=O)O. The molecule has 0 heterocycles. The van der Waals surface area contributed by atoms with Crippen molar-refractivity contribution in [3.8, 4) is 0 Å². The summed E-state index contributed by atoms with van der Waals surface area (Å²) in [6, 6.07) is 0. The molecule has 0 atom stereocenters. The number of rotatable bonds is 3. The van der Waals surface area contributed by atoms with E-state index in [1.807, 2.05) is 0 Å². The molecule has 62 valence electrons. The lowest BCUT2D eigenvalue weighted by molar-refractivity contribution is -0.136. The average Bonchev–Trinajstić information content (AvgIpc) is 1.98. The van der Waals surface area contributed by atoms with E-state index < -0.39 is 23.1 Å². The van der Waals surface area contributed by atoms with Crippen molar-refractivity contribution in [2.75, 3.05) is 0 Å². The Hall–Kier alpha value is -2.16. The molecule has 0 unspecified atom stereocenters. The van der Waals surface area contributed by atoms with Crippen LogP contribution in [-0.2, 0) is 19.2 Å². The van der Waals surface area contributed by atoms with Gasteiger partial charge in [0.2, 0.25) is 0 Å². The molecule has 0 aromatic rings. The molecule has 0 aliphatic carbocycles. The summed E-state index contributed by atoms with van der Waals surface area (Å²) in [5.74, 6) is -2.01. The number of hydrogen-bond acceptors (Lipinski definition) is 4. The molecule has 0 aromatic carbocycles. The van der Waals surface area contributed by atoms with Gasteiger partial charge in [-0.05, 0) is 0 Å². The molecule has 12 heavy (non-hydrogen) atoms. The summed E-state index contributed by atoms with van der Waals surface area (Å²) in [7, 11) is 0. The maximum absolute atomic E-state index is 10.1. The minimum Gasteiger partial charge on any atom is -0.477 e. The van der Waals surface area contributed by atoms with Crippen molar-refractivity contribution in [1.82, 2.24) is 0 Å². The fourth-order valence-electron chi connectivity index (χ4n) is 0.403. The minimum atomic E-state index is -1.83. The van der Waals surface area contributed by atoms with Crippen molar-refractivity contribution < 1.29 is 29.4 Å². The first-order valence-electron chi connectivity index (χ1n) is 2.51. The van der Waals surface area contributed by atoms with Crippen LogP contribution in [-0.4, -0.2) is 34.0 Å². The maximum Gasteiger partial charge on any atom is 0.348 e. The van der Waals surface area contributed by atoms with E-state index in [0.29, 0.717) is 0 Å². The van der Waals surface area contributed by atoms with E-state index in [0.717, 1.165) is 11.9 Å². The summed E-state index contributed by atoms with van der Waals surface area (Å²) in [4.78, 5) is 39.8. The van der Waals surface area contributed by atoms with Crippen LogP contribution in [0, 0.1) is 0 Å². The van der Waals surface area contributed by atoms with Gasteiger partial charge in [0.1, 0.15) is 11.9 Å². The number of carboxylic acids is 2. The Balaban J connectivity index is 5.28. The summed E-state index contributed by atoms with van der Waals surface area (Å²) in [5.41, 5.74) is -2.48. The Bertz CT molecular complexity index is 292. The quantitative estimate of drug-likeness (QED) is 0.308. The molecular weight excluding hydrogens is 168 g/mol. The number of hydrogen-bond donors (Lipinski definition) is 2. The highest BCUT2D eigenvalue weighted by atomic mass is 16.4. The van der Waals surface area contributed by atoms with E-state index in [1.165, 1.54) is 0 Å². The van der Waals surface area contributed by atoms with Crippen molar-refractivity contribution in [3.05, 3.63) is 11.1 Å². The van der Waals surface area contributed by atoms with Gasteiger partial charge in [-0.25, -0.2) is 19.2 Å². The van der Waals surface area contributed by atoms with Crippen LogP contribution in [0.25, 0.3) is 0 Å². The highest BCUT2D eigenvalue weighted by Gasteiger charge is 2.22. The Morgan fingerprint density at radius 2 is 1.08 bits per heavy atom. The zero-order valence-electron chi connectivity index (χ0n) is 5.53. The summed E-state index contributed by atoms with van der Waals surface area (Å²) < 4.78 is 0. The fraction of sp³-hybridized carbons (Fsp3) is 0. The van der Waals surface area contributed by atoms with E-state index in [2.05, 4.69) is 0 Å². The highest BCUT2D eigenvalue weighted by Crippen LogP contribution is 2.02. The van der Waals surface area contributed by atoms with Crippen molar-refractivity contribution in [2.24, 2.45) is 0 Å². The lowest BCUT2D eigenvalue weighted by Gasteiger charge is -1.91. The Labute approximate surface area is 65.4 Å². The molecule has 0 saturated carbocycles. The normalized spacial score (nSPS) is 7.67. The molecule has 0 amide bonds. The third-order valence-electron chi connectivity index (χ3n) is 0.882. The highest BCUT2D eigenvalue weighted by molar-refractivity contribution is 6.15. The van der Waals surface area contributed by atoms with Gasteiger partial charge in [0.25, 0.3) is 0 Å². The molecule has 0 aromatic heterocycles. The largest absolute Gasteiger partial charge is 0.477 e. The van der Waals surface area contributed by atoms with Crippen molar-refractivity contribution in [2.45, 2.75) is 0 Å². The summed E-state index contributed by atoms with van der Waals surface area (Å²) in [6.07, 6.45) is 0. The van der Waals surface area contributed by atoms with Crippen molar-refractivity contribution >= 4 is 23.8 Å². The standard InChI is InChI=1S/C6H2O6/c7-1-3(5(9)10)4(2-8)6(11)12/h(H,9,10)(H,11,12). The van der Waals surface area contributed by atoms with Gasteiger partial charge in [0.05, 0.1) is 0 Å². The second-order valence-electron chi connectivity index (χ2n) is 1.56. The van der Waals surface area contributed by atoms with Crippen LogP contribution in [0.3, 0.4) is 0 Å². The molecule has 6 nitrogen and oxygen atoms in total. The monoisotopic (exact) mass is 170 g/mol. The fourth-order valence-corrected chi connectivity index (χ4v) is 0.403. The smallest absolute Gasteiger partial charge is 0.348 e. The predicted molar refractivity (Wildman–Crippen MR) is 33.7 cm³/mol. The zero-order valence-corrected chi connectivity index (χ0v) is 5.53. The van der Waals surface area contributed by atoms with Crippen LogP contribution in [0.1, 0.15) is 0 Å². The summed E-state index contributed by atoms with van der Waals surface area (Å²) in [6.45, 7) is 0. The topological polar surface area (TPSA) is 109 Å². The second-order valence-corrected chi connectivity index (χ2v) is 1.56. The molecule has 0 rings (SSSR count). The molecular formula is C6H2O6. The lowest BCUT2D eigenvalue weighted by Crippen LogP contribution is -2.12. The molecule has 0 bridgehead atoms. The van der Waals surface area contributed by atoms with Gasteiger partial charge in [-0.1, -0.05) is 0 Å². The van der Waals surface area contributed by atoms with Crippen LogP contribution < -0.4 is 0 Å². The van der Waals surface area contributed by atoms with Crippen LogP contribution in [0.4, 0.5) is 0 Å². The van der Waals surface area contributed by atoms with Gasteiger partial charge in [-0.3, -0.25) is 0 Å². The molecule has 0 fully saturated rings. The van der Waals surface area contributed by atoms with Gasteiger partial charge in [0.15, 0.2) is 11.1 Å². The number of carboxylic acid groups (broad SMARTS) is 2. The molecule has 0 aliphatic heterocycles. The van der Waals surface area contributed by atoms with E-state index in [1.54, 1.807) is 0 Å². The number of carbonyl (C=O) groups is 2. The van der Waals surface area contributed by atoms with Crippen molar-refractivity contribution in [1.29, 1.82) is 0 Å². The van der Waals surface area contributed by atoms with E-state index in [-0.39, 0.29) is 0 Å². The molecule has 6 heteroatoms. The molecule has 0 radical (unpaired) electrons. The zero-order chi connectivity index (χ0) is 9.72. The molecule has 0 aliphatic rings. The third-order valence-corrected chi connectivity index (χ3v) is 0.882. The van der Waals surface area contributed by atoms with Gasteiger partial charge >= 0.3 is 11.9 Å². The van der Waals surface area contributed by atoms with E-state index >= 15 is 0 Å². The van der Waals surface area contributed by atoms with Crippen molar-refractivity contribution in [3.63, 3.8) is 0 Å². The maximum atomic E-state index is 10.1. The first kappa shape index (κ1) is 9.84. The number of carbonyl (C=O) groups excluding carboxylic acids is 2. The van der Waals surface area contributed by atoms with Gasteiger partial charge < -0.3 is 10.2 Å². The van der Waals surface area contributed by atoms with Crippen LogP contribution in [0.2, 0.25) is 0 Å². The molecule has 2 N–H and O–H groups in total. The van der Waals surface area contributed by atoms with Crippen LogP contribution in [0.15, 0.2) is 11.1 Å². The van der Waals surface area contributed by atoms with Gasteiger partial charge in [-0.2, -0.15) is 0 Å². The van der Waals surface area contributed by atoms with E-state index in [9.17, 15) is 19.2 Å². The van der Waals surface area contributed by atoms with Gasteiger partial charge in [-0.15, -0.1) is 0 Å². The third kappa shape index (κ3) is 1.91. The Morgan fingerprint density at radius 1 is 0.833 bits per heavy atom. The summed E-state index contributed by atoms with van der Waals surface area (Å²) >= 11 is 0. The summed E-state index contributed by atoms with van der Waals surface area (Å²) in [5, 5.41) is 16.3. The van der Waals surface area contributed by atoms with Gasteiger partial charge in [0, 0.05) is 0 Å². The first-order chi connectivity index (χ1) is 5.54. The Morgan fingerprint density at radius 3 is 1.17 bits per heavy atom. The van der Waals surface area contributed by atoms with E-state index in [4.69, 9.17) is 10.2 Å². The molecule has 0 saturated heterocycles. The Kier molecular flexibility index (Phi) is 3.18. The van der Waals surface area contributed by atoms with Crippen LogP contribution >= 0.6 is 0 Å². The lowest BCUT2D eigenvalue weighted by atomic mass is 10.1. The predicted octanol–water partition coefficient (Wildman–Crippen LogP) is -1.33. The average molecular weight is 170 g/mol. The minimum absolute atomic E-state index is 0.821. The van der Waals surface area contributed by atoms with Crippen LogP contribution in [0.5, 0.6) is 0 Å². The first-order valence-corrected chi connectivity index (χ1v) is 2.51. The number of aliphatic carboxylic acids is 2.